The van der Waals surface area contributed by atoms with E-state index in [0.29, 0.717) is 6.42 Å². The number of hydrogen-bond acceptors (Lipinski definition) is 9. The van der Waals surface area contributed by atoms with Crippen LogP contribution in [-0.4, -0.2) is 73.9 Å². The molecule has 29 heavy (non-hydrogen) atoms. The number of carboxylic acids is 1. The van der Waals surface area contributed by atoms with E-state index in [1.54, 1.807) is 13.8 Å². The molecule has 0 aromatic carbocycles. The number of carbonyl (C=O) groups excluding carboxylic acids is 2. The zero-order chi connectivity index (χ0) is 22.9. The van der Waals surface area contributed by atoms with E-state index < -0.39 is 58.3 Å². The third kappa shape index (κ3) is 9.41. The molecule has 0 aromatic rings. The van der Waals surface area contributed by atoms with Gasteiger partial charge in [0.25, 0.3) is 10.1 Å². The van der Waals surface area contributed by atoms with Crippen LogP contribution >= 0.6 is 0 Å². The Kier molecular flexibility index (Phi) is 10.6. The second-order valence-electron chi connectivity index (χ2n) is 7.29. The number of carboxylic acid groups (broad SMARTS) is 1. The highest BCUT2D eigenvalue weighted by atomic mass is 32.2. The zero-order valence-corrected chi connectivity index (χ0v) is 18.2. The lowest BCUT2D eigenvalue weighted by Crippen LogP contribution is -2.57. The van der Waals surface area contributed by atoms with Crippen molar-refractivity contribution >= 4 is 28.1 Å². The molecular formula is C17H31NO10S. The summed E-state index contributed by atoms with van der Waals surface area (Å²) in [6.07, 6.45) is -1.01. The molecule has 1 amide bonds. The second-order valence-corrected chi connectivity index (χ2v) is 9.04. The predicted octanol–water partition coefficient (Wildman–Crippen LogP) is 0.653. The van der Waals surface area contributed by atoms with Crippen molar-refractivity contribution in [3.8, 4) is 0 Å². The van der Waals surface area contributed by atoms with Crippen molar-refractivity contribution in [1.82, 2.24) is 5.32 Å². The summed E-state index contributed by atoms with van der Waals surface area (Å²) in [6, 6.07) is 0. The lowest BCUT2D eigenvalue weighted by atomic mass is 9.76. The van der Waals surface area contributed by atoms with Crippen molar-refractivity contribution < 1.29 is 46.7 Å². The van der Waals surface area contributed by atoms with Crippen LogP contribution in [0.4, 0.5) is 4.79 Å². The van der Waals surface area contributed by atoms with Gasteiger partial charge in [-0.25, -0.2) is 9.59 Å². The summed E-state index contributed by atoms with van der Waals surface area (Å²) in [5, 5.41) is 22.4. The van der Waals surface area contributed by atoms with E-state index in [-0.39, 0.29) is 18.9 Å². The standard InChI is InChI=1S/C17H31NO10S/c1-6-12(2)28-15(22)26-11-17(23,14(20)21)16(4,5)10-27-29(24,25)9-7-8-18-13(3)19/h12,23H,6-11H2,1-5H3,(H,18,19)(H,20,21)/t12?,17-/m1/s1. The fourth-order valence-corrected chi connectivity index (χ4v) is 3.01. The van der Waals surface area contributed by atoms with E-state index in [1.165, 1.54) is 20.8 Å². The van der Waals surface area contributed by atoms with Crippen molar-refractivity contribution in [1.29, 1.82) is 0 Å². The van der Waals surface area contributed by atoms with Gasteiger partial charge in [-0.1, -0.05) is 20.8 Å². The highest BCUT2D eigenvalue weighted by Crippen LogP contribution is 2.33. The Labute approximate surface area is 170 Å². The van der Waals surface area contributed by atoms with Gasteiger partial charge in [0.2, 0.25) is 11.5 Å². The smallest absolute Gasteiger partial charge is 0.479 e. The Balaban J connectivity index is 4.96. The molecule has 2 atom stereocenters. The van der Waals surface area contributed by atoms with Gasteiger partial charge in [0, 0.05) is 18.9 Å². The molecule has 0 radical (unpaired) electrons. The minimum atomic E-state index is -4.04. The quantitative estimate of drug-likeness (QED) is 0.210. The molecule has 11 nitrogen and oxygen atoms in total. The third-order valence-electron chi connectivity index (χ3n) is 4.29. The van der Waals surface area contributed by atoms with Crippen LogP contribution in [0.15, 0.2) is 0 Å². The van der Waals surface area contributed by atoms with Crippen LogP contribution in [0.25, 0.3) is 0 Å². The summed E-state index contributed by atoms with van der Waals surface area (Å²) >= 11 is 0. The number of aliphatic carboxylic acids is 1. The van der Waals surface area contributed by atoms with E-state index in [2.05, 4.69) is 5.32 Å². The molecule has 1 unspecified atom stereocenters. The van der Waals surface area contributed by atoms with Crippen molar-refractivity contribution in [2.24, 2.45) is 5.41 Å². The van der Waals surface area contributed by atoms with Gasteiger partial charge in [0.15, 0.2) is 0 Å². The maximum atomic E-state index is 12.0. The lowest BCUT2D eigenvalue weighted by Gasteiger charge is -2.37. The molecule has 170 valence electrons. The normalized spacial score (nSPS) is 15.1. The first-order valence-electron chi connectivity index (χ1n) is 9.07. The van der Waals surface area contributed by atoms with Crippen molar-refractivity contribution in [2.75, 3.05) is 25.5 Å². The number of hydrogen-bond donors (Lipinski definition) is 3. The maximum absolute atomic E-state index is 12.0. The number of ether oxygens (including phenoxy) is 2. The van der Waals surface area contributed by atoms with Gasteiger partial charge in [-0.3, -0.25) is 8.98 Å². The molecule has 0 fully saturated rings. The van der Waals surface area contributed by atoms with Gasteiger partial charge >= 0.3 is 12.1 Å². The monoisotopic (exact) mass is 441 g/mol. The minimum absolute atomic E-state index is 0.0934. The molecule has 12 heteroatoms. The van der Waals surface area contributed by atoms with Gasteiger partial charge in [0.05, 0.1) is 12.4 Å². The largest absolute Gasteiger partial charge is 0.508 e. The van der Waals surface area contributed by atoms with Crippen LogP contribution in [0.2, 0.25) is 0 Å². The molecule has 0 aliphatic heterocycles. The second kappa shape index (κ2) is 11.3. The van der Waals surface area contributed by atoms with E-state index in [4.69, 9.17) is 13.7 Å². The van der Waals surface area contributed by atoms with Crippen LogP contribution in [-0.2, 0) is 33.4 Å². The lowest BCUT2D eigenvalue weighted by molar-refractivity contribution is -0.184. The highest BCUT2D eigenvalue weighted by Gasteiger charge is 2.52. The molecule has 0 saturated heterocycles. The average Bonchev–Trinajstić information content (AvgIpc) is 2.61. The number of nitrogens with one attached hydrogen (secondary N) is 1. The van der Waals surface area contributed by atoms with E-state index >= 15 is 0 Å². The molecule has 3 N–H and O–H groups in total. The molecule has 0 spiro atoms. The number of carbonyl (C=O) groups is 3. The van der Waals surface area contributed by atoms with Crippen LogP contribution in [0.1, 0.15) is 47.5 Å². The topological polar surface area (TPSA) is 166 Å². The summed E-state index contributed by atoms with van der Waals surface area (Å²) in [5.74, 6) is -2.43. The van der Waals surface area contributed by atoms with Crippen LogP contribution in [0, 0.1) is 5.41 Å². The van der Waals surface area contributed by atoms with Gasteiger partial charge in [-0.2, -0.15) is 8.42 Å². The van der Waals surface area contributed by atoms with Gasteiger partial charge in [0.1, 0.15) is 12.7 Å². The Hall–Kier alpha value is -1.92. The van der Waals surface area contributed by atoms with Gasteiger partial charge in [-0.15, -0.1) is 0 Å². The highest BCUT2D eigenvalue weighted by molar-refractivity contribution is 7.86. The van der Waals surface area contributed by atoms with E-state index in [0.717, 1.165) is 0 Å². The summed E-state index contributed by atoms with van der Waals surface area (Å²) in [4.78, 5) is 34.0. The Bertz CT molecular complexity index is 676. The summed E-state index contributed by atoms with van der Waals surface area (Å²) in [7, 11) is -4.04. The first kappa shape index (κ1) is 27.1. The first-order chi connectivity index (χ1) is 13.2. The van der Waals surface area contributed by atoms with Crippen LogP contribution in [0.3, 0.4) is 0 Å². The fourth-order valence-electron chi connectivity index (χ4n) is 1.92. The third-order valence-corrected chi connectivity index (χ3v) is 5.55. The van der Waals surface area contributed by atoms with Crippen LogP contribution in [0.5, 0.6) is 0 Å². The SMILES string of the molecule is CCC(C)OC(=O)OC[C@@](O)(C(=O)O)C(C)(C)COS(=O)(=O)CCCNC(C)=O. The Morgan fingerprint density at radius 2 is 1.76 bits per heavy atom. The van der Waals surface area contributed by atoms with Gasteiger partial charge in [-0.05, 0) is 19.8 Å². The molecule has 0 saturated carbocycles. The van der Waals surface area contributed by atoms with E-state index in [1.807, 2.05) is 0 Å². The molecule has 0 aliphatic carbocycles. The minimum Gasteiger partial charge on any atom is -0.479 e. The molecule has 0 bridgehead atoms. The summed E-state index contributed by atoms with van der Waals surface area (Å²) in [5.41, 5.74) is -4.28. The zero-order valence-electron chi connectivity index (χ0n) is 17.4. The molecule has 0 aliphatic rings. The summed E-state index contributed by atoms with van der Waals surface area (Å²) < 4.78 is 38.4. The van der Waals surface area contributed by atoms with Crippen molar-refractivity contribution in [2.45, 2.75) is 59.2 Å². The van der Waals surface area contributed by atoms with Crippen molar-refractivity contribution in [3.63, 3.8) is 0 Å². The maximum Gasteiger partial charge on any atom is 0.508 e. The molecule has 0 rings (SSSR count). The number of amides is 1. The van der Waals surface area contributed by atoms with Crippen molar-refractivity contribution in [3.05, 3.63) is 0 Å². The molecule has 0 heterocycles. The average molecular weight is 441 g/mol. The molecule has 0 aromatic heterocycles. The Morgan fingerprint density at radius 3 is 2.24 bits per heavy atom. The number of rotatable bonds is 13. The molecular weight excluding hydrogens is 410 g/mol. The number of aliphatic hydroxyl groups is 1. The summed E-state index contributed by atoms with van der Waals surface area (Å²) in [6.45, 7) is 5.68. The van der Waals surface area contributed by atoms with Gasteiger partial charge < -0.3 is 25.0 Å². The predicted molar refractivity (Wildman–Crippen MR) is 102 cm³/mol. The first-order valence-corrected chi connectivity index (χ1v) is 10.7. The van der Waals surface area contributed by atoms with Crippen LogP contribution < -0.4 is 5.32 Å². The fraction of sp³-hybridized carbons (Fsp3) is 0.824. The Morgan fingerprint density at radius 1 is 1.17 bits per heavy atom. The van der Waals surface area contributed by atoms with E-state index in [9.17, 15) is 33.0 Å².